The molecule has 2 unspecified atom stereocenters. The Kier molecular flexibility index (Phi) is 4.71. The zero-order chi connectivity index (χ0) is 9.68. The molecule has 13 heavy (non-hydrogen) atoms. The summed E-state index contributed by atoms with van der Waals surface area (Å²) in [5.74, 6) is 0.637. The van der Waals surface area contributed by atoms with Gasteiger partial charge in [0.15, 0.2) is 6.10 Å². The topological polar surface area (TPSA) is 36.3 Å². The fourth-order valence-corrected chi connectivity index (χ4v) is 1.64. The van der Waals surface area contributed by atoms with Crippen molar-refractivity contribution in [1.82, 2.24) is 4.90 Å². The maximum absolute atomic E-state index is 8.69. The fourth-order valence-electron chi connectivity index (χ4n) is 1.44. The van der Waals surface area contributed by atoms with Gasteiger partial charge in [0, 0.05) is 25.0 Å². The molecule has 4 heteroatoms. The van der Waals surface area contributed by atoms with Crippen LogP contribution in [0, 0.1) is 17.2 Å². The molecular weight excluding hydrogens is 232 g/mol. The molecule has 2 atom stereocenters. The van der Waals surface area contributed by atoms with Crippen LogP contribution in [-0.4, -0.2) is 42.6 Å². The first-order valence-electron chi connectivity index (χ1n) is 4.55. The van der Waals surface area contributed by atoms with Crippen molar-refractivity contribution in [2.24, 2.45) is 5.92 Å². The van der Waals surface area contributed by atoms with Crippen LogP contribution in [0.5, 0.6) is 0 Å². The third-order valence-corrected chi connectivity index (χ3v) is 3.23. The van der Waals surface area contributed by atoms with E-state index in [0.717, 1.165) is 25.0 Å². The van der Waals surface area contributed by atoms with Gasteiger partial charge in [0.05, 0.1) is 12.7 Å². The maximum atomic E-state index is 8.69. The minimum atomic E-state index is -0.226. The zero-order valence-corrected chi connectivity index (χ0v) is 9.46. The largest absolute Gasteiger partial charge is 0.361 e. The van der Waals surface area contributed by atoms with Gasteiger partial charge in [0.25, 0.3) is 0 Å². The maximum Gasteiger partial charge on any atom is 0.156 e. The Labute approximate surface area is 87.8 Å². The number of hydrogen-bond acceptors (Lipinski definition) is 3. The predicted octanol–water partition coefficient (Wildman–Crippen LogP) is 1.24. The molecule has 0 amide bonds. The molecule has 0 spiro atoms. The molecule has 1 fully saturated rings. The fraction of sp³-hybridized carbons (Fsp3) is 0.889. The van der Waals surface area contributed by atoms with Gasteiger partial charge in [-0.1, -0.05) is 22.9 Å². The zero-order valence-electron chi connectivity index (χ0n) is 7.87. The second kappa shape index (κ2) is 5.58. The van der Waals surface area contributed by atoms with Crippen molar-refractivity contribution in [3.05, 3.63) is 0 Å². The summed E-state index contributed by atoms with van der Waals surface area (Å²) in [4.78, 5) is 2.29. The van der Waals surface area contributed by atoms with Gasteiger partial charge in [0.1, 0.15) is 0 Å². The van der Waals surface area contributed by atoms with E-state index in [1.54, 1.807) is 0 Å². The number of nitriles is 1. The molecule has 0 bridgehead atoms. The van der Waals surface area contributed by atoms with E-state index >= 15 is 0 Å². The van der Waals surface area contributed by atoms with Crippen molar-refractivity contribution < 1.29 is 4.74 Å². The van der Waals surface area contributed by atoms with Crippen LogP contribution >= 0.6 is 15.9 Å². The van der Waals surface area contributed by atoms with Crippen LogP contribution in [0.2, 0.25) is 0 Å². The molecule has 0 saturated carbocycles. The van der Waals surface area contributed by atoms with E-state index in [0.29, 0.717) is 12.5 Å². The standard InChI is InChI=1S/C9H15BrN2O/c1-8(4-10)6-12-2-3-13-9(5-11)7-12/h8-9H,2-4,6-7H2,1H3. The number of hydrogen-bond donors (Lipinski definition) is 0. The Morgan fingerprint density at radius 3 is 3.15 bits per heavy atom. The minimum absolute atomic E-state index is 0.226. The van der Waals surface area contributed by atoms with Crippen LogP contribution < -0.4 is 0 Å². The van der Waals surface area contributed by atoms with Crippen molar-refractivity contribution >= 4 is 15.9 Å². The SMILES string of the molecule is CC(CBr)CN1CCOC(C#N)C1. The lowest BCUT2D eigenvalue weighted by Gasteiger charge is -2.31. The summed E-state index contributed by atoms with van der Waals surface area (Å²) in [5.41, 5.74) is 0. The van der Waals surface area contributed by atoms with Gasteiger partial charge in [0.2, 0.25) is 0 Å². The Hall–Kier alpha value is -0.110. The van der Waals surface area contributed by atoms with Gasteiger partial charge >= 0.3 is 0 Å². The van der Waals surface area contributed by atoms with Gasteiger partial charge in [-0.2, -0.15) is 5.26 Å². The highest BCUT2D eigenvalue weighted by Crippen LogP contribution is 2.08. The van der Waals surface area contributed by atoms with Gasteiger partial charge in [-0.3, -0.25) is 4.90 Å². The van der Waals surface area contributed by atoms with E-state index in [4.69, 9.17) is 10.00 Å². The van der Waals surface area contributed by atoms with Gasteiger partial charge < -0.3 is 4.74 Å². The first kappa shape index (κ1) is 11.0. The van der Waals surface area contributed by atoms with Crippen LogP contribution in [-0.2, 0) is 4.74 Å². The van der Waals surface area contributed by atoms with Gasteiger partial charge in [-0.15, -0.1) is 0 Å². The van der Waals surface area contributed by atoms with Gasteiger partial charge in [-0.05, 0) is 5.92 Å². The summed E-state index contributed by atoms with van der Waals surface area (Å²) < 4.78 is 5.26. The summed E-state index contributed by atoms with van der Waals surface area (Å²) in [6.07, 6.45) is -0.226. The summed E-state index contributed by atoms with van der Waals surface area (Å²) >= 11 is 3.45. The lowest BCUT2D eigenvalue weighted by Crippen LogP contribution is -2.43. The number of rotatable bonds is 3. The number of morpholine rings is 1. The van der Waals surface area contributed by atoms with E-state index in [1.165, 1.54) is 0 Å². The van der Waals surface area contributed by atoms with E-state index in [-0.39, 0.29) is 6.10 Å². The Balaban J connectivity index is 2.30. The molecule has 74 valence electrons. The molecule has 1 rings (SSSR count). The lowest BCUT2D eigenvalue weighted by molar-refractivity contribution is -0.00310. The van der Waals surface area contributed by atoms with E-state index in [2.05, 4.69) is 33.8 Å². The summed E-state index contributed by atoms with van der Waals surface area (Å²) in [5, 5.41) is 9.70. The van der Waals surface area contributed by atoms with Crippen LogP contribution in [0.25, 0.3) is 0 Å². The number of ether oxygens (including phenoxy) is 1. The minimum Gasteiger partial charge on any atom is -0.361 e. The highest BCUT2D eigenvalue weighted by Gasteiger charge is 2.20. The molecule has 0 radical (unpaired) electrons. The van der Waals surface area contributed by atoms with Crippen molar-refractivity contribution in [2.45, 2.75) is 13.0 Å². The first-order chi connectivity index (χ1) is 6.26. The van der Waals surface area contributed by atoms with Crippen molar-refractivity contribution in [2.75, 3.05) is 31.6 Å². The van der Waals surface area contributed by atoms with E-state index in [1.807, 2.05) is 0 Å². The Morgan fingerprint density at radius 1 is 1.77 bits per heavy atom. The lowest BCUT2D eigenvalue weighted by atomic mass is 10.2. The number of halogens is 1. The molecule has 1 saturated heterocycles. The molecule has 1 aliphatic heterocycles. The van der Waals surface area contributed by atoms with Crippen molar-refractivity contribution in [3.8, 4) is 6.07 Å². The predicted molar refractivity (Wildman–Crippen MR) is 54.8 cm³/mol. The van der Waals surface area contributed by atoms with E-state index < -0.39 is 0 Å². The van der Waals surface area contributed by atoms with Gasteiger partial charge in [-0.25, -0.2) is 0 Å². The summed E-state index contributed by atoms with van der Waals surface area (Å²) in [6, 6.07) is 2.15. The Bertz CT molecular complexity index is 193. The van der Waals surface area contributed by atoms with E-state index in [9.17, 15) is 0 Å². The molecule has 1 heterocycles. The van der Waals surface area contributed by atoms with Crippen LogP contribution in [0.15, 0.2) is 0 Å². The Morgan fingerprint density at radius 2 is 2.54 bits per heavy atom. The monoisotopic (exact) mass is 246 g/mol. The van der Waals surface area contributed by atoms with Crippen LogP contribution in [0.4, 0.5) is 0 Å². The molecule has 0 aromatic heterocycles. The van der Waals surface area contributed by atoms with Crippen LogP contribution in [0.1, 0.15) is 6.92 Å². The quantitative estimate of drug-likeness (QED) is 0.704. The summed E-state index contributed by atoms with van der Waals surface area (Å²) in [6.45, 7) is 5.65. The normalized spacial score (nSPS) is 26.7. The molecule has 0 aromatic carbocycles. The second-order valence-corrected chi connectivity index (χ2v) is 4.16. The van der Waals surface area contributed by atoms with Crippen molar-refractivity contribution in [1.29, 1.82) is 5.26 Å². The average Bonchev–Trinajstić information content (AvgIpc) is 2.18. The molecule has 0 N–H and O–H groups in total. The molecule has 0 aromatic rings. The molecule has 1 aliphatic rings. The van der Waals surface area contributed by atoms with Crippen LogP contribution in [0.3, 0.4) is 0 Å². The third kappa shape index (κ3) is 3.63. The summed E-state index contributed by atoms with van der Waals surface area (Å²) in [7, 11) is 0. The smallest absolute Gasteiger partial charge is 0.156 e. The highest BCUT2D eigenvalue weighted by atomic mass is 79.9. The van der Waals surface area contributed by atoms with Crippen molar-refractivity contribution in [3.63, 3.8) is 0 Å². The average molecular weight is 247 g/mol. The number of alkyl halides is 1. The second-order valence-electron chi connectivity index (χ2n) is 3.51. The molecule has 0 aliphatic carbocycles. The molecule has 3 nitrogen and oxygen atoms in total. The third-order valence-electron chi connectivity index (χ3n) is 2.13. The highest BCUT2D eigenvalue weighted by molar-refractivity contribution is 9.09. The first-order valence-corrected chi connectivity index (χ1v) is 5.68. The molecular formula is C9H15BrN2O. The number of nitrogens with zero attached hydrogens (tertiary/aromatic N) is 2.